The SMILES string of the molecule is Cc1cc(CS(=O)(=O)Nc2ccc(C(C)O)cc2)no1. The molecule has 2 rings (SSSR count). The number of aliphatic hydroxyl groups excluding tert-OH is 1. The van der Waals surface area contributed by atoms with E-state index < -0.39 is 16.1 Å². The molecule has 2 N–H and O–H groups in total. The lowest BCUT2D eigenvalue weighted by Gasteiger charge is -2.08. The van der Waals surface area contributed by atoms with E-state index in [9.17, 15) is 13.5 Å². The first-order chi connectivity index (χ1) is 9.35. The van der Waals surface area contributed by atoms with Crippen LogP contribution in [0.5, 0.6) is 0 Å². The van der Waals surface area contributed by atoms with Gasteiger partial charge in [-0.2, -0.15) is 0 Å². The summed E-state index contributed by atoms with van der Waals surface area (Å²) in [6.07, 6.45) is -0.584. The normalized spacial score (nSPS) is 13.2. The molecule has 108 valence electrons. The topological polar surface area (TPSA) is 92.4 Å². The summed E-state index contributed by atoms with van der Waals surface area (Å²) >= 11 is 0. The van der Waals surface area contributed by atoms with Crippen LogP contribution in [0.1, 0.15) is 30.0 Å². The first-order valence-corrected chi connectivity index (χ1v) is 7.72. The Morgan fingerprint density at radius 1 is 1.35 bits per heavy atom. The van der Waals surface area contributed by atoms with Crippen LogP contribution in [-0.2, 0) is 15.8 Å². The van der Waals surface area contributed by atoms with Crippen molar-refractivity contribution in [1.82, 2.24) is 5.16 Å². The molecule has 0 saturated carbocycles. The third-order valence-electron chi connectivity index (χ3n) is 2.68. The van der Waals surface area contributed by atoms with E-state index >= 15 is 0 Å². The van der Waals surface area contributed by atoms with Crippen LogP contribution in [0.4, 0.5) is 5.69 Å². The minimum atomic E-state index is -3.54. The Bertz CT molecular complexity index is 675. The first-order valence-electron chi connectivity index (χ1n) is 6.06. The predicted molar refractivity (Wildman–Crippen MR) is 74.6 cm³/mol. The van der Waals surface area contributed by atoms with Crippen molar-refractivity contribution in [3.05, 3.63) is 47.3 Å². The predicted octanol–water partition coefficient (Wildman–Crippen LogP) is 1.98. The van der Waals surface area contributed by atoms with E-state index in [1.54, 1.807) is 44.2 Å². The molecular weight excluding hydrogens is 280 g/mol. The highest BCUT2D eigenvalue weighted by atomic mass is 32.2. The number of nitrogens with zero attached hydrogens (tertiary/aromatic N) is 1. The summed E-state index contributed by atoms with van der Waals surface area (Å²) in [4.78, 5) is 0. The van der Waals surface area contributed by atoms with E-state index in [1.807, 2.05) is 0 Å². The van der Waals surface area contributed by atoms with Crippen molar-refractivity contribution in [3.63, 3.8) is 0 Å². The maximum Gasteiger partial charge on any atom is 0.238 e. The third-order valence-corrected chi connectivity index (χ3v) is 3.90. The second-order valence-corrected chi connectivity index (χ2v) is 6.31. The molecule has 0 fully saturated rings. The Balaban J connectivity index is 2.08. The molecule has 20 heavy (non-hydrogen) atoms. The minimum absolute atomic E-state index is 0.248. The number of sulfonamides is 1. The molecule has 2 aromatic rings. The highest BCUT2D eigenvalue weighted by molar-refractivity contribution is 7.91. The number of aromatic nitrogens is 1. The Labute approximate surface area is 117 Å². The fourth-order valence-corrected chi connectivity index (χ4v) is 2.82. The zero-order chi connectivity index (χ0) is 14.8. The lowest BCUT2D eigenvalue weighted by atomic mass is 10.1. The third kappa shape index (κ3) is 3.82. The van der Waals surface area contributed by atoms with Crippen LogP contribution in [0.25, 0.3) is 0 Å². The highest BCUT2D eigenvalue weighted by Gasteiger charge is 2.14. The van der Waals surface area contributed by atoms with Crippen molar-refractivity contribution >= 4 is 15.7 Å². The fourth-order valence-electron chi connectivity index (χ4n) is 1.73. The molecule has 0 amide bonds. The van der Waals surface area contributed by atoms with Gasteiger partial charge in [-0.05, 0) is 31.5 Å². The Hall–Kier alpha value is -1.86. The Kier molecular flexibility index (Phi) is 4.10. The number of benzene rings is 1. The van der Waals surface area contributed by atoms with Gasteiger partial charge in [0.25, 0.3) is 0 Å². The highest BCUT2D eigenvalue weighted by Crippen LogP contribution is 2.17. The first kappa shape index (κ1) is 14.5. The van der Waals surface area contributed by atoms with Gasteiger partial charge in [-0.1, -0.05) is 17.3 Å². The number of aryl methyl sites for hydroxylation is 1. The molecular formula is C13H16N2O4S. The van der Waals surface area contributed by atoms with Crippen molar-refractivity contribution in [3.8, 4) is 0 Å². The molecule has 1 unspecified atom stereocenters. The summed E-state index contributed by atoms with van der Waals surface area (Å²) < 4.78 is 31.2. The van der Waals surface area contributed by atoms with Gasteiger partial charge in [0.1, 0.15) is 17.2 Å². The summed E-state index contributed by atoms with van der Waals surface area (Å²) in [5, 5.41) is 13.0. The van der Waals surface area contributed by atoms with Gasteiger partial charge in [0.2, 0.25) is 10.0 Å². The second-order valence-electron chi connectivity index (χ2n) is 4.59. The Morgan fingerprint density at radius 2 is 2.00 bits per heavy atom. The van der Waals surface area contributed by atoms with Gasteiger partial charge in [-0.25, -0.2) is 8.42 Å². The van der Waals surface area contributed by atoms with Gasteiger partial charge >= 0.3 is 0 Å². The van der Waals surface area contributed by atoms with Gasteiger partial charge < -0.3 is 9.63 Å². The van der Waals surface area contributed by atoms with Gasteiger partial charge in [0, 0.05) is 11.8 Å². The molecule has 7 heteroatoms. The summed E-state index contributed by atoms with van der Waals surface area (Å²) in [5.41, 5.74) is 1.52. The van der Waals surface area contributed by atoms with Crippen molar-refractivity contribution in [2.24, 2.45) is 0 Å². The summed E-state index contributed by atoms with van der Waals surface area (Å²) in [6, 6.07) is 8.13. The van der Waals surface area contributed by atoms with Crippen LogP contribution in [-0.4, -0.2) is 18.7 Å². The van der Waals surface area contributed by atoms with Crippen molar-refractivity contribution in [2.45, 2.75) is 25.7 Å². The van der Waals surface area contributed by atoms with Crippen LogP contribution >= 0.6 is 0 Å². The number of nitrogens with one attached hydrogen (secondary N) is 1. The van der Waals surface area contributed by atoms with Crippen LogP contribution in [0.15, 0.2) is 34.9 Å². The molecule has 0 bridgehead atoms. The number of hydrogen-bond acceptors (Lipinski definition) is 5. The van der Waals surface area contributed by atoms with E-state index in [-0.39, 0.29) is 5.75 Å². The van der Waals surface area contributed by atoms with Crippen molar-refractivity contribution in [1.29, 1.82) is 0 Å². The van der Waals surface area contributed by atoms with Crippen LogP contribution in [0.3, 0.4) is 0 Å². The average molecular weight is 296 g/mol. The summed E-state index contributed by atoms with van der Waals surface area (Å²) in [7, 11) is -3.54. The fraction of sp³-hybridized carbons (Fsp3) is 0.308. The molecule has 0 radical (unpaired) electrons. The molecule has 1 aromatic carbocycles. The number of aliphatic hydroxyl groups is 1. The lowest BCUT2D eigenvalue weighted by Crippen LogP contribution is -2.15. The van der Waals surface area contributed by atoms with E-state index in [2.05, 4.69) is 9.88 Å². The maximum absolute atomic E-state index is 12.0. The zero-order valence-corrected chi connectivity index (χ0v) is 12.0. The van der Waals surface area contributed by atoms with Gasteiger partial charge in [0.15, 0.2) is 0 Å². The Morgan fingerprint density at radius 3 is 2.50 bits per heavy atom. The molecule has 6 nitrogen and oxygen atoms in total. The monoisotopic (exact) mass is 296 g/mol. The van der Waals surface area contributed by atoms with E-state index in [0.717, 1.165) is 5.56 Å². The second kappa shape index (κ2) is 5.64. The van der Waals surface area contributed by atoms with Gasteiger partial charge in [0.05, 0.1) is 6.10 Å². The van der Waals surface area contributed by atoms with E-state index in [4.69, 9.17) is 4.52 Å². The quantitative estimate of drug-likeness (QED) is 0.880. The van der Waals surface area contributed by atoms with Crippen LogP contribution < -0.4 is 4.72 Å². The largest absolute Gasteiger partial charge is 0.389 e. The van der Waals surface area contributed by atoms with E-state index in [1.165, 1.54) is 0 Å². The molecule has 0 spiro atoms. The number of rotatable bonds is 5. The summed E-state index contributed by atoms with van der Waals surface area (Å²) in [5.74, 6) is 0.319. The molecule has 1 atom stereocenters. The molecule has 1 aromatic heterocycles. The van der Waals surface area contributed by atoms with Gasteiger partial charge in [-0.15, -0.1) is 0 Å². The average Bonchev–Trinajstić information content (AvgIpc) is 2.73. The van der Waals surface area contributed by atoms with Crippen LogP contribution in [0, 0.1) is 6.92 Å². The molecule has 1 heterocycles. The molecule has 0 saturated heterocycles. The number of hydrogen-bond donors (Lipinski definition) is 2. The minimum Gasteiger partial charge on any atom is -0.389 e. The maximum atomic E-state index is 12.0. The molecule has 0 aliphatic heterocycles. The van der Waals surface area contributed by atoms with Gasteiger partial charge in [-0.3, -0.25) is 4.72 Å². The van der Waals surface area contributed by atoms with E-state index in [0.29, 0.717) is 17.1 Å². The summed E-state index contributed by atoms with van der Waals surface area (Å²) in [6.45, 7) is 3.34. The zero-order valence-electron chi connectivity index (χ0n) is 11.2. The molecule has 0 aliphatic rings. The van der Waals surface area contributed by atoms with Crippen molar-refractivity contribution in [2.75, 3.05) is 4.72 Å². The van der Waals surface area contributed by atoms with Crippen molar-refractivity contribution < 1.29 is 18.0 Å². The number of anilines is 1. The smallest absolute Gasteiger partial charge is 0.238 e. The lowest BCUT2D eigenvalue weighted by molar-refractivity contribution is 0.199. The van der Waals surface area contributed by atoms with Crippen LogP contribution in [0.2, 0.25) is 0 Å². The standard InChI is InChI=1S/C13H16N2O4S/c1-9-7-13(14-19-9)8-20(17,18)15-12-5-3-11(4-6-12)10(2)16/h3-7,10,15-16H,8H2,1-2H3. The molecule has 0 aliphatic carbocycles.